The molecule has 0 fully saturated rings. The number of para-hydroxylation sites is 1. The molecule has 1 unspecified atom stereocenters. The van der Waals surface area contributed by atoms with E-state index in [0.29, 0.717) is 10.0 Å². The second kappa shape index (κ2) is 7.34. The van der Waals surface area contributed by atoms with Crippen LogP contribution in [0.4, 0.5) is 5.69 Å². The van der Waals surface area contributed by atoms with Crippen LogP contribution in [0, 0.1) is 0 Å². The van der Waals surface area contributed by atoms with E-state index in [1.165, 1.54) is 0 Å². The first-order valence-electron chi connectivity index (χ1n) is 10.8. The van der Waals surface area contributed by atoms with Crippen molar-refractivity contribution in [3.8, 4) is 0 Å². The summed E-state index contributed by atoms with van der Waals surface area (Å²) < 4.78 is 0. The fourth-order valence-electron chi connectivity index (χ4n) is 5.54. The van der Waals surface area contributed by atoms with Gasteiger partial charge in [-0.15, -0.1) is 0 Å². The van der Waals surface area contributed by atoms with Gasteiger partial charge in [-0.2, -0.15) is 0 Å². The fraction of sp³-hybridized carbons (Fsp3) is 0.0690. The summed E-state index contributed by atoms with van der Waals surface area (Å²) in [5.41, 5.74) is 5.93. The predicted molar refractivity (Wildman–Crippen MR) is 134 cm³/mol. The van der Waals surface area contributed by atoms with E-state index in [0.717, 1.165) is 39.1 Å². The van der Waals surface area contributed by atoms with Crippen LogP contribution in [0.1, 0.15) is 38.7 Å². The Labute approximate surface area is 202 Å². The zero-order chi connectivity index (χ0) is 22.7. The smallest absolute Gasteiger partial charge is 0.259 e. The molecule has 0 saturated heterocycles. The molecule has 4 aromatic carbocycles. The van der Waals surface area contributed by atoms with Crippen LogP contribution in [0.3, 0.4) is 0 Å². The van der Waals surface area contributed by atoms with Crippen LogP contribution >= 0.6 is 23.2 Å². The highest BCUT2D eigenvalue weighted by Gasteiger charge is 2.54. The molecule has 0 spiro atoms. The van der Waals surface area contributed by atoms with Crippen LogP contribution in [0.25, 0.3) is 0 Å². The van der Waals surface area contributed by atoms with Crippen molar-refractivity contribution in [2.75, 3.05) is 4.90 Å². The second-order valence-electron chi connectivity index (χ2n) is 8.47. The molecule has 0 aliphatic carbocycles. The molecule has 4 heteroatoms. The third kappa shape index (κ3) is 2.71. The lowest BCUT2D eigenvalue weighted by Gasteiger charge is -2.48. The maximum absolute atomic E-state index is 13.6. The molecule has 0 bridgehead atoms. The number of halogens is 2. The number of hydrogen-bond acceptors (Lipinski definition) is 1. The Morgan fingerprint density at radius 3 is 1.91 bits per heavy atom. The topological polar surface area (TPSA) is 20.3 Å². The molecule has 0 radical (unpaired) electrons. The molecule has 160 valence electrons. The van der Waals surface area contributed by atoms with Crippen molar-refractivity contribution < 1.29 is 4.79 Å². The van der Waals surface area contributed by atoms with Crippen LogP contribution in [0.15, 0.2) is 109 Å². The van der Waals surface area contributed by atoms with E-state index in [-0.39, 0.29) is 11.9 Å². The number of anilines is 1. The summed E-state index contributed by atoms with van der Waals surface area (Å²) in [6, 6.07) is 31.5. The Balaban J connectivity index is 1.74. The lowest BCUT2D eigenvalue weighted by atomic mass is 9.60. The monoisotopic (exact) mass is 467 g/mol. The van der Waals surface area contributed by atoms with Gasteiger partial charge < -0.3 is 0 Å². The minimum absolute atomic E-state index is 0.00464. The predicted octanol–water partition coefficient (Wildman–Crippen LogP) is 7.60. The van der Waals surface area contributed by atoms with Gasteiger partial charge >= 0.3 is 0 Å². The van der Waals surface area contributed by atoms with Crippen LogP contribution in [-0.2, 0) is 5.41 Å². The number of hydrogen-bond donors (Lipinski definition) is 0. The molecular formula is C29H19Cl2NO. The number of amides is 1. The van der Waals surface area contributed by atoms with E-state index in [1.54, 1.807) is 0 Å². The third-order valence-corrected chi connectivity index (χ3v) is 7.40. The van der Waals surface area contributed by atoms with Crippen molar-refractivity contribution in [2.45, 2.75) is 11.5 Å². The van der Waals surface area contributed by atoms with E-state index in [1.807, 2.05) is 71.6 Å². The maximum Gasteiger partial charge on any atom is 0.259 e. The van der Waals surface area contributed by atoms with Crippen molar-refractivity contribution in [1.82, 2.24) is 0 Å². The average Bonchev–Trinajstić information content (AvgIpc) is 3.14. The zero-order valence-electron chi connectivity index (χ0n) is 17.6. The summed E-state index contributed by atoms with van der Waals surface area (Å²) in [5.74, 6) is 0.00464. The summed E-state index contributed by atoms with van der Waals surface area (Å²) in [5, 5.41) is 1.34. The Morgan fingerprint density at radius 2 is 1.27 bits per heavy atom. The second-order valence-corrected chi connectivity index (χ2v) is 9.34. The van der Waals surface area contributed by atoms with Gasteiger partial charge in [0.25, 0.3) is 5.91 Å². The molecule has 6 rings (SSSR count). The van der Waals surface area contributed by atoms with Gasteiger partial charge in [0, 0.05) is 21.3 Å². The van der Waals surface area contributed by atoms with Gasteiger partial charge in [0.15, 0.2) is 0 Å². The fourth-order valence-corrected chi connectivity index (χ4v) is 5.79. The van der Waals surface area contributed by atoms with E-state index in [2.05, 4.69) is 36.9 Å². The lowest BCUT2D eigenvalue weighted by molar-refractivity contribution is 0.0991. The minimum atomic E-state index is -0.690. The Morgan fingerprint density at radius 1 is 0.727 bits per heavy atom. The number of rotatable bonds is 2. The quantitative estimate of drug-likeness (QED) is 0.278. The van der Waals surface area contributed by atoms with E-state index >= 15 is 0 Å². The standard InChI is InChI=1S/C29H19Cl2NO/c1-18-27-23-6-2-3-7-24(23)28(33)32(27)26-9-5-4-8-25(26)29(18,19-10-14-21(30)15-11-19)20-12-16-22(31)17-13-20/h2-17,27H,1H2. The molecule has 2 heterocycles. The number of carbonyl (C=O) groups is 1. The number of carbonyl (C=O) groups excluding carboxylic acids is 1. The molecule has 2 aliphatic heterocycles. The summed E-state index contributed by atoms with van der Waals surface area (Å²) in [7, 11) is 0. The lowest BCUT2D eigenvalue weighted by Crippen LogP contribution is -2.45. The maximum atomic E-state index is 13.6. The number of nitrogens with zero attached hydrogens (tertiary/aromatic N) is 1. The molecule has 2 nitrogen and oxygen atoms in total. The number of benzene rings is 4. The summed E-state index contributed by atoms with van der Waals surface area (Å²) in [6.45, 7) is 4.68. The Kier molecular flexibility index (Phi) is 4.52. The minimum Gasteiger partial charge on any atom is -0.297 e. The van der Waals surface area contributed by atoms with Gasteiger partial charge in [0.05, 0.1) is 11.5 Å². The average molecular weight is 468 g/mol. The first-order valence-corrected chi connectivity index (χ1v) is 11.5. The van der Waals surface area contributed by atoms with Crippen molar-refractivity contribution >= 4 is 34.8 Å². The Bertz CT molecular complexity index is 1380. The first kappa shape index (κ1) is 20.3. The molecule has 1 atom stereocenters. The highest BCUT2D eigenvalue weighted by molar-refractivity contribution is 6.30. The van der Waals surface area contributed by atoms with E-state index in [4.69, 9.17) is 23.2 Å². The molecule has 0 aromatic heterocycles. The molecule has 0 saturated carbocycles. The van der Waals surface area contributed by atoms with Gasteiger partial charge in [-0.3, -0.25) is 9.69 Å². The highest BCUT2D eigenvalue weighted by atomic mass is 35.5. The largest absolute Gasteiger partial charge is 0.297 e. The summed E-state index contributed by atoms with van der Waals surface area (Å²) in [6.07, 6.45) is 0. The normalized spacial score (nSPS) is 18.0. The van der Waals surface area contributed by atoms with Crippen LogP contribution < -0.4 is 4.90 Å². The van der Waals surface area contributed by atoms with Crippen molar-refractivity contribution in [3.63, 3.8) is 0 Å². The van der Waals surface area contributed by atoms with Gasteiger partial charge in [-0.25, -0.2) is 0 Å². The van der Waals surface area contributed by atoms with Gasteiger partial charge in [0.2, 0.25) is 0 Å². The van der Waals surface area contributed by atoms with Crippen molar-refractivity contribution in [1.29, 1.82) is 0 Å². The first-order chi connectivity index (χ1) is 16.0. The van der Waals surface area contributed by atoms with Crippen molar-refractivity contribution in [2.24, 2.45) is 0 Å². The molecule has 2 aliphatic rings. The van der Waals surface area contributed by atoms with Crippen molar-refractivity contribution in [3.05, 3.63) is 147 Å². The van der Waals surface area contributed by atoms with E-state index in [9.17, 15) is 4.79 Å². The molecule has 33 heavy (non-hydrogen) atoms. The third-order valence-electron chi connectivity index (χ3n) is 6.90. The molecule has 4 aromatic rings. The van der Waals surface area contributed by atoms with Gasteiger partial charge in [-0.05, 0) is 64.2 Å². The molecule has 0 N–H and O–H groups in total. The Hall–Kier alpha value is -3.33. The highest BCUT2D eigenvalue weighted by Crippen LogP contribution is 2.59. The van der Waals surface area contributed by atoms with Crippen LogP contribution in [0.2, 0.25) is 10.0 Å². The zero-order valence-corrected chi connectivity index (χ0v) is 19.1. The van der Waals surface area contributed by atoms with Crippen LogP contribution in [0.5, 0.6) is 0 Å². The van der Waals surface area contributed by atoms with Gasteiger partial charge in [0.1, 0.15) is 0 Å². The molecule has 1 amide bonds. The van der Waals surface area contributed by atoms with Crippen LogP contribution in [-0.4, -0.2) is 5.91 Å². The summed E-state index contributed by atoms with van der Waals surface area (Å²) >= 11 is 12.6. The van der Waals surface area contributed by atoms with Gasteiger partial charge in [-0.1, -0.05) is 90.4 Å². The van der Waals surface area contributed by atoms with E-state index < -0.39 is 5.41 Å². The number of fused-ring (bicyclic) bond motifs is 5. The molecular weight excluding hydrogens is 449 g/mol. The SMILES string of the molecule is C=C1C2c3ccccc3C(=O)N2c2ccccc2C1(c1ccc(Cl)cc1)c1ccc(Cl)cc1. The summed E-state index contributed by atoms with van der Waals surface area (Å²) in [4.78, 5) is 15.5.